The SMILES string of the molecule is Cc1ccccc1S(=O)(=O)NCC1(CCl)CC1. The van der Waals surface area contributed by atoms with E-state index in [0.717, 1.165) is 18.4 Å². The zero-order valence-electron chi connectivity index (χ0n) is 9.74. The fourth-order valence-electron chi connectivity index (χ4n) is 1.72. The second kappa shape index (κ2) is 4.59. The van der Waals surface area contributed by atoms with Gasteiger partial charge in [-0.2, -0.15) is 0 Å². The van der Waals surface area contributed by atoms with Gasteiger partial charge in [0.25, 0.3) is 0 Å². The highest BCUT2D eigenvalue weighted by Crippen LogP contribution is 2.46. The maximum atomic E-state index is 12.1. The molecule has 0 heterocycles. The Morgan fingerprint density at radius 3 is 2.53 bits per heavy atom. The number of rotatable bonds is 5. The first kappa shape index (κ1) is 12.9. The van der Waals surface area contributed by atoms with Crippen molar-refractivity contribution < 1.29 is 8.42 Å². The van der Waals surface area contributed by atoms with Gasteiger partial charge in [-0.1, -0.05) is 18.2 Å². The van der Waals surface area contributed by atoms with Crippen molar-refractivity contribution in [1.82, 2.24) is 4.72 Å². The van der Waals surface area contributed by atoms with E-state index in [1.165, 1.54) is 0 Å². The van der Waals surface area contributed by atoms with Crippen molar-refractivity contribution in [2.45, 2.75) is 24.7 Å². The molecule has 2 rings (SSSR count). The van der Waals surface area contributed by atoms with Crippen molar-refractivity contribution in [3.05, 3.63) is 29.8 Å². The molecule has 0 bridgehead atoms. The molecule has 0 unspecified atom stereocenters. The van der Waals surface area contributed by atoms with E-state index in [0.29, 0.717) is 17.3 Å². The highest BCUT2D eigenvalue weighted by atomic mass is 35.5. The van der Waals surface area contributed by atoms with Crippen molar-refractivity contribution >= 4 is 21.6 Å². The van der Waals surface area contributed by atoms with Gasteiger partial charge in [0.15, 0.2) is 0 Å². The van der Waals surface area contributed by atoms with E-state index in [1.54, 1.807) is 25.1 Å². The Morgan fingerprint density at radius 2 is 2.00 bits per heavy atom. The molecule has 0 amide bonds. The molecule has 5 heteroatoms. The molecule has 0 saturated heterocycles. The molecule has 1 aromatic carbocycles. The largest absolute Gasteiger partial charge is 0.240 e. The van der Waals surface area contributed by atoms with Crippen LogP contribution in [0.1, 0.15) is 18.4 Å². The molecule has 0 spiro atoms. The summed E-state index contributed by atoms with van der Waals surface area (Å²) in [6, 6.07) is 6.98. The van der Waals surface area contributed by atoms with Crippen LogP contribution in [-0.2, 0) is 10.0 Å². The fraction of sp³-hybridized carbons (Fsp3) is 0.500. The Balaban J connectivity index is 2.12. The van der Waals surface area contributed by atoms with Gasteiger partial charge < -0.3 is 0 Å². The Morgan fingerprint density at radius 1 is 1.35 bits per heavy atom. The molecule has 17 heavy (non-hydrogen) atoms. The minimum Gasteiger partial charge on any atom is -0.211 e. The van der Waals surface area contributed by atoms with Gasteiger partial charge in [0.2, 0.25) is 10.0 Å². The molecule has 0 atom stereocenters. The summed E-state index contributed by atoms with van der Waals surface area (Å²) >= 11 is 5.83. The van der Waals surface area contributed by atoms with E-state index in [-0.39, 0.29) is 5.41 Å². The van der Waals surface area contributed by atoms with Gasteiger partial charge in [-0.3, -0.25) is 0 Å². The average Bonchev–Trinajstić information content (AvgIpc) is 3.08. The zero-order chi connectivity index (χ0) is 12.5. The maximum Gasteiger partial charge on any atom is 0.240 e. The highest BCUT2D eigenvalue weighted by molar-refractivity contribution is 7.89. The molecular formula is C12H16ClNO2S. The van der Waals surface area contributed by atoms with Crippen molar-refractivity contribution in [1.29, 1.82) is 0 Å². The van der Waals surface area contributed by atoms with Crippen LogP contribution in [-0.4, -0.2) is 20.8 Å². The van der Waals surface area contributed by atoms with Crippen LogP contribution in [0, 0.1) is 12.3 Å². The van der Waals surface area contributed by atoms with E-state index < -0.39 is 10.0 Å². The number of hydrogen-bond donors (Lipinski definition) is 1. The molecule has 1 N–H and O–H groups in total. The third-order valence-corrected chi connectivity index (χ3v) is 5.39. The predicted octanol–water partition coefficient (Wildman–Crippen LogP) is 2.29. The molecule has 1 aliphatic carbocycles. The van der Waals surface area contributed by atoms with Crippen LogP contribution in [0.4, 0.5) is 0 Å². The average molecular weight is 274 g/mol. The topological polar surface area (TPSA) is 46.2 Å². The van der Waals surface area contributed by atoms with Crippen LogP contribution in [0.3, 0.4) is 0 Å². The van der Waals surface area contributed by atoms with Gasteiger partial charge in [0.1, 0.15) is 0 Å². The Labute approximate surface area is 107 Å². The highest BCUT2D eigenvalue weighted by Gasteiger charge is 2.42. The lowest BCUT2D eigenvalue weighted by molar-refractivity contribution is 0.534. The van der Waals surface area contributed by atoms with Crippen LogP contribution in [0.15, 0.2) is 29.2 Å². The van der Waals surface area contributed by atoms with Gasteiger partial charge in [0.05, 0.1) is 4.90 Å². The first-order chi connectivity index (χ1) is 7.99. The zero-order valence-corrected chi connectivity index (χ0v) is 11.3. The number of hydrogen-bond acceptors (Lipinski definition) is 2. The Bertz CT molecular complexity index is 509. The van der Waals surface area contributed by atoms with Gasteiger partial charge in [-0.25, -0.2) is 13.1 Å². The third-order valence-electron chi connectivity index (χ3n) is 3.26. The summed E-state index contributed by atoms with van der Waals surface area (Å²) in [4.78, 5) is 0.352. The lowest BCUT2D eigenvalue weighted by Gasteiger charge is -2.13. The molecule has 1 fully saturated rings. The minimum atomic E-state index is -3.40. The van der Waals surface area contributed by atoms with E-state index in [2.05, 4.69) is 4.72 Å². The number of halogens is 1. The van der Waals surface area contributed by atoms with Gasteiger partial charge >= 0.3 is 0 Å². The maximum absolute atomic E-state index is 12.1. The summed E-state index contributed by atoms with van der Waals surface area (Å²) in [5.41, 5.74) is 0.757. The lowest BCUT2D eigenvalue weighted by Crippen LogP contribution is -2.31. The normalized spacial score (nSPS) is 18.0. The molecule has 3 nitrogen and oxygen atoms in total. The second-order valence-electron chi connectivity index (χ2n) is 4.72. The Hall–Kier alpha value is -0.580. The number of alkyl halides is 1. The van der Waals surface area contributed by atoms with Crippen molar-refractivity contribution in [3.8, 4) is 0 Å². The third kappa shape index (κ3) is 2.81. The summed E-state index contributed by atoms with van der Waals surface area (Å²) in [6.07, 6.45) is 2.01. The second-order valence-corrected chi connectivity index (χ2v) is 6.73. The summed E-state index contributed by atoms with van der Waals surface area (Å²) in [6.45, 7) is 2.23. The Kier molecular flexibility index (Phi) is 3.48. The predicted molar refractivity (Wildman–Crippen MR) is 68.8 cm³/mol. The minimum absolute atomic E-state index is 0.00267. The first-order valence-corrected chi connectivity index (χ1v) is 7.62. The molecule has 0 radical (unpaired) electrons. The molecule has 1 saturated carbocycles. The molecule has 94 valence electrons. The van der Waals surface area contributed by atoms with Crippen LogP contribution in [0.2, 0.25) is 0 Å². The van der Waals surface area contributed by atoms with Gasteiger partial charge in [-0.05, 0) is 36.8 Å². The van der Waals surface area contributed by atoms with E-state index in [1.807, 2.05) is 6.07 Å². The van der Waals surface area contributed by atoms with E-state index >= 15 is 0 Å². The lowest BCUT2D eigenvalue weighted by atomic mass is 10.1. The number of nitrogens with one attached hydrogen (secondary N) is 1. The quantitative estimate of drug-likeness (QED) is 0.837. The van der Waals surface area contributed by atoms with Crippen molar-refractivity contribution in [3.63, 3.8) is 0 Å². The smallest absolute Gasteiger partial charge is 0.211 e. The van der Waals surface area contributed by atoms with Crippen LogP contribution in [0.25, 0.3) is 0 Å². The molecular weight excluding hydrogens is 258 g/mol. The van der Waals surface area contributed by atoms with Crippen LogP contribution >= 0.6 is 11.6 Å². The van der Waals surface area contributed by atoms with Gasteiger partial charge in [0, 0.05) is 12.4 Å². The molecule has 1 aliphatic rings. The van der Waals surface area contributed by atoms with Crippen LogP contribution < -0.4 is 4.72 Å². The summed E-state index contributed by atoms with van der Waals surface area (Å²) in [5, 5.41) is 0. The van der Waals surface area contributed by atoms with Crippen LogP contribution in [0.5, 0.6) is 0 Å². The summed E-state index contributed by atoms with van der Waals surface area (Å²) < 4.78 is 26.8. The molecule has 1 aromatic rings. The van der Waals surface area contributed by atoms with E-state index in [4.69, 9.17) is 11.6 Å². The standard InChI is InChI=1S/C12H16ClNO2S/c1-10-4-2-3-5-11(10)17(15,16)14-9-12(8-13)6-7-12/h2-5,14H,6-9H2,1H3. The monoisotopic (exact) mass is 273 g/mol. The number of aryl methyl sites for hydroxylation is 1. The molecule has 0 aromatic heterocycles. The first-order valence-electron chi connectivity index (χ1n) is 5.60. The summed E-state index contributed by atoms with van der Waals surface area (Å²) in [7, 11) is -3.40. The number of benzene rings is 1. The van der Waals surface area contributed by atoms with Crippen molar-refractivity contribution in [2.24, 2.45) is 5.41 Å². The summed E-state index contributed by atoms with van der Waals surface area (Å²) in [5.74, 6) is 0.517. The van der Waals surface area contributed by atoms with E-state index in [9.17, 15) is 8.42 Å². The number of sulfonamides is 1. The van der Waals surface area contributed by atoms with Gasteiger partial charge in [-0.15, -0.1) is 11.6 Å². The molecule has 0 aliphatic heterocycles. The van der Waals surface area contributed by atoms with Crippen molar-refractivity contribution in [2.75, 3.05) is 12.4 Å². The fourth-order valence-corrected chi connectivity index (χ4v) is 3.48.